The molecule has 0 aromatic carbocycles. The van der Waals surface area contributed by atoms with Crippen LogP contribution in [-0.4, -0.2) is 68.4 Å². The van der Waals surface area contributed by atoms with Gasteiger partial charge in [-0.2, -0.15) is 0 Å². The molecule has 2 rings (SSSR count). The van der Waals surface area contributed by atoms with Crippen molar-refractivity contribution in [2.45, 2.75) is 315 Å². The Bertz CT molecular complexity index is 1340. The fraction of sp³-hybridized carbons (Fsp3) is 0.855. The van der Waals surface area contributed by atoms with Gasteiger partial charge in [0.1, 0.15) is 6.61 Å². The van der Waals surface area contributed by atoms with Gasteiger partial charge in [-0.3, -0.25) is 14.4 Å². The smallest absolute Gasteiger partial charge is 0.306 e. The van der Waals surface area contributed by atoms with Crippen LogP contribution in [0.25, 0.3) is 0 Å². The lowest BCUT2D eigenvalue weighted by atomic mass is 10.0. The van der Waals surface area contributed by atoms with Gasteiger partial charge in [0.2, 0.25) is 5.79 Å². The SMILES string of the molecule is CCCCCCCCC=CCCCCCCCC(=O)OCC1([C@H]2OC[C@H](OC(=O)CCCCCCCC=CCCCCCCCC)[C@H]2OC(=O)CCCCCCCC=CCCCCCCCC)OCCO1. The zero-order valence-corrected chi connectivity index (χ0v) is 46.4. The number of ether oxygens (including phenoxy) is 6. The van der Waals surface area contributed by atoms with Crippen molar-refractivity contribution >= 4 is 17.9 Å². The number of rotatable bonds is 50. The lowest BCUT2D eigenvalue weighted by Crippen LogP contribution is -2.55. The van der Waals surface area contributed by atoms with Gasteiger partial charge in [0.05, 0.1) is 19.8 Å². The molecule has 0 N–H and O–H groups in total. The molecule has 3 atom stereocenters. The molecule has 9 nitrogen and oxygen atoms in total. The van der Waals surface area contributed by atoms with Crippen molar-refractivity contribution in [2.24, 2.45) is 0 Å². The van der Waals surface area contributed by atoms with Crippen LogP contribution >= 0.6 is 0 Å². The van der Waals surface area contributed by atoms with E-state index in [-0.39, 0.29) is 50.8 Å². The Balaban J connectivity index is 1.80. The average Bonchev–Trinajstić information content (AvgIpc) is 4.02. The lowest BCUT2D eigenvalue weighted by Gasteiger charge is -2.35. The average molecular weight is 1000 g/mol. The maximum absolute atomic E-state index is 13.4. The van der Waals surface area contributed by atoms with Gasteiger partial charge in [0.25, 0.3) is 0 Å². The Hall–Kier alpha value is -2.49. The summed E-state index contributed by atoms with van der Waals surface area (Å²) in [6.07, 6.45) is 58.4. The van der Waals surface area contributed by atoms with E-state index >= 15 is 0 Å². The molecule has 0 radical (unpaired) electrons. The van der Waals surface area contributed by atoms with Gasteiger partial charge in [-0.1, -0.05) is 211 Å². The third-order valence-corrected chi connectivity index (χ3v) is 14.2. The summed E-state index contributed by atoms with van der Waals surface area (Å²) in [5.41, 5.74) is 0. The minimum atomic E-state index is -1.46. The van der Waals surface area contributed by atoms with Crippen LogP contribution in [0.3, 0.4) is 0 Å². The molecule has 0 aliphatic carbocycles. The van der Waals surface area contributed by atoms with Crippen LogP contribution < -0.4 is 0 Å². The predicted molar refractivity (Wildman–Crippen MR) is 293 cm³/mol. The molecule has 412 valence electrons. The lowest BCUT2D eigenvalue weighted by molar-refractivity contribution is -0.261. The first kappa shape index (κ1) is 64.6. The molecular weight excluding hydrogens is 889 g/mol. The van der Waals surface area contributed by atoms with Crippen LogP contribution in [0.5, 0.6) is 0 Å². The van der Waals surface area contributed by atoms with E-state index in [2.05, 4.69) is 57.2 Å². The fourth-order valence-electron chi connectivity index (χ4n) is 9.71. The molecule has 0 bridgehead atoms. The summed E-state index contributed by atoms with van der Waals surface area (Å²) in [5, 5.41) is 0. The highest BCUT2D eigenvalue weighted by Gasteiger charge is 2.58. The molecule has 2 saturated heterocycles. The van der Waals surface area contributed by atoms with Crippen LogP contribution in [0.15, 0.2) is 36.5 Å². The quantitative estimate of drug-likeness (QED) is 0.0255. The summed E-state index contributed by atoms with van der Waals surface area (Å²) in [4.78, 5) is 39.7. The highest BCUT2D eigenvalue weighted by molar-refractivity contribution is 5.71. The van der Waals surface area contributed by atoms with E-state index in [1.54, 1.807) is 0 Å². The van der Waals surface area contributed by atoms with Crippen molar-refractivity contribution in [2.75, 3.05) is 26.4 Å². The van der Waals surface area contributed by atoms with Crippen molar-refractivity contribution in [1.82, 2.24) is 0 Å². The van der Waals surface area contributed by atoms with Crippen molar-refractivity contribution in [3.05, 3.63) is 36.5 Å². The van der Waals surface area contributed by atoms with Crippen molar-refractivity contribution in [3.8, 4) is 0 Å². The summed E-state index contributed by atoms with van der Waals surface area (Å²) in [6, 6.07) is 0. The number of allylic oxidation sites excluding steroid dienone is 6. The second-order valence-corrected chi connectivity index (χ2v) is 20.9. The standard InChI is InChI=1S/C62H110O9/c1-4-7-10-13-16-19-22-25-28-31-34-37-40-43-46-49-57(63)67-55-62(68-52-53-69-62)61-60(71-59(65)51-48-45-42-39-36-33-30-27-24-21-18-15-12-9-6-3)56(54-66-61)70-58(64)50-47-44-41-38-35-32-29-26-23-20-17-14-11-8-5-2/h25-30,56,60-61H,4-24,31-55H2,1-3H3/t56-,60+,61-/m0/s1. The van der Waals surface area contributed by atoms with Crippen LogP contribution in [0.4, 0.5) is 0 Å². The van der Waals surface area contributed by atoms with Crippen LogP contribution in [-0.2, 0) is 42.8 Å². The second-order valence-electron chi connectivity index (χ2n) is 20.9. The molecule has 2 heterocycles. The summed E-state index contributed by atoms with van der Waals surface area (Å²) >= 11 is 0. The minimum absolute atomic E-state index is 0.0332. The molecule has 0 aromatic rings. The van der Waals surface area contributed by atoms with Crippen molar-refractivity contribution in [1.29, 1.82) is 0 Å². The highest BCUT2D eigenvalue weighted by atomic mass is 16.8. The largest absolute Gasteiger partial charge is 0.460 e. The summed E-state index contributed by atoms with van der Waals surface area (Å²) < 4.78 is 36.5. The summed E-state index contributed by atoms with van der Waals surface area (Å²) in [6.45, 7) is 7.18. The molecule has 2 aliphatic rings. The number of esters is 3. The Labute approximate surface area is 436 Å². The normalized spacial score (nSPS) is 17.9. The van der Waals surface area contributed by atoms with E-state index in [1.165, 1.54) is 148 Å². The van der Waals surface area contributed by atoms with Crippen LogP contribution in [0, 0.1) is 0 Å². The Morgan fingerprint density at radius 1 is 0.408 bits per heavy atom. The molecule has 0 unspecified atom stereocenters. The van der Waals surface area contributed by atoms with Crippen LogP contribution in [0.2, 0.25) is 0 Å². The number of hydrogen-bond donors (Lipinski definition) is 0. The third kappa shape index (κ3) is 35.4. The van der Waals surface area contributed by atoms with Crippen molar-refractivity contribution < 1.29 is 42.8 Å². The van der Waals surface area contributed by atoms with Gasteiger partial charge >= 0.3 is 17.9 Å². The van der Waals surface area contributed by atoms with Gasteiger partial charge in [-0.05, 0) is 96.3 Å². The van der Waals surface area contributed by atoms with E-state index < -0.39 is 24.1 Å². The highest BCUT2D eigenvalue weighted by Crippen LogP contribution is 2.36. The predicted octanol–water partition coefficient (Wildman–Crippen LogP) is 17.6. The van der Waals surface area contributed by atoms with E-state index in [1.807, 2.05) is 0 Å². The Morgan fingerprint density at radius 3 is 1.08 bits per heavy atom. The molecule has 0 spiro atoms. The number of carbonyl (C=O) groups is 3. The van der Waals surface area contributed by atoms with E-state index in [4.69, 9.17) is 28.4 Å². The Kier molecular flexibility index (Phi) is 43.0. The third-order valence-electron chi connectivity index (χ3n) is 14.2. The van der Waals surface area contributed by atoms with Gasteiger partial charge in [0.15, 0.2) is 18.3 Å². The van der Waals surface area contributed by atoms with Gasteiger partial charge in [-0.15, -0.1) is 0 Å². The zero-order chi connectivity index (χ0) is 51.0. The molecule has 0 amide bonds. The van der Waals surface area contributed by atoms with Crippen LogP contribution in [0.1, 0.15) is 290 Å². The molecule has 9 heteroatoms. The monoisotopic (exact) mass is 999 g/mol. The Morgan fingerprint density at radius 2 is 0.718 bits per heavy atom. The van der Waals surface area contributed by atoms with E-state index in [9.17, 15) is 14.4 Å². The second kappa shape index (κ2) is 47.2. The number of unbranched alkanes of at least 4 members (excludes halogenated alkanes) is 33. The zero-order valence-electron chi connectivity index (χ0n) is 46.4. The van der Waals surface area contributed by atoms with Gasteiger partial charge in [-0.25, -0.2) is 0 Å². The fourth-order valence-corrected chi connectivity index (χ4v) is 9.71. The van der Waals surface area contributed by atoms with Crippen molar-refractivity contribution in [3.63, 3.8) is 0 Å². The van der Waals surface area contributed by atoms with E-state index in [0.29, 0.717) is 12.8 Å². The topological polar surface area (TPSA) is 107 Å². The first-order valence-electron chi connectivity index (χ1n) is 30.3. The van der Waals surface area contributed by atoms with E-state index in [0.717, 1.165) is 103 Å². The molecule has 0 aromatic heterocycles. The molecule has 2 aliphatic heterocycles. The molecule has 0 saturated carbocycles. The van der Waals surface area contributed by atoms with Gasteiger partial charge in [0, 0.05) is 19.3 Å². The first-order chi connectivity index (χ1) is 35.0. The minimum Gasteiger partial charge on any atom is -0.460 e. The van der Waals surface area contributed by atoms with Gasteiger partial charge < -0.3 is 28.4 Å². The summed E-state index contributed by atoms with van der Waals surface area (Å²) in [7, 11) is 0. The number of hydrogen-bond acceptors (Lipinski definition) is 9. The molecule has 71 heavy (non-hydrogen) atoms. The summed E-state index contributed by atoms with van der Waals surface area (Å²) in [5.74, 6) is -2.48. The molecular formula is C62H110O9. The molecule has 2 fully saturated rings. The maximum atomic E-state index is 13.4. The maximum Gasteiger partial charge on any atom is 0.306 e. The first-order valence-corrected chi connectivity index (χ1v) is 30.3. The number of carbonyl (C=O) groups excluding carboxylic acids is 3.